The molecule has 0 spiro atoms. The molecule has 9 heteroatoms. The van der Waals surface area contributed by atoms with Gasteiger partial charge < -0.3 is 19.7 Å². The van der Waals surface area contributed by atoms with Gasteiger partial charge >= 0.3 is 12.3 Å². The summed E-state index contributed by atoms with van der Waals surface area (Å²) < 4.78 is 47.4. The standard InChI is InChI=1S/C22H21F3N2O4/c1-13(28)30-15-5-2-4-14(10-15)19-12-20(27-9-3-6-21(27)29)17-11-16(31-22(23,24)25)7-8-18(17)26-19/h2,4-5,7-8,10-11,19-20,26H,3,6,9,12H2,1H3. The van der Waals surface area contributed by atoms with E-state index in [1.54, 1.807) is 23.1 Å². The van der Waals surface area contributed by atoms with Crippen LogP contribution in [0.2, 0.25) is 0 Å². The van der Waals surface area contributed by atoms with Gasteiger partial charge in [0.25, 0.3) is 0 Å². The summed E-state index contributed by atoms with van der Waals surface area (Å²) in [5.41, 5.74) is 2.06. The maximum atomic E-state index is 12.7. The lowest BCUT2D eigenvalue weighted by atomic mass is 9.88. The van der Waals surface area contributed by atoms with E-state index < -0.39 is 18.4 Å². The Morgan fingerprint density at radius 2 is 1.97 bits per heavy atom. The zero-order chi connectivity index (χ0) is 22.2. The summed E-state index contributed by atoms with van der Waals surface area (Å²) in [6.45, 7) is 1.87. The highest BCUT2D eigenvalue weighted by molar-refractivity contribution is 5.79. The van der Waals surface area contributed by atoms with Gasteiger partial charge in [-0.15, -0.1) is 13.2 Å². The van der Waals surface area contributed by atoms with Gasteiger partial charge in [0.05, 0.1) is 12.1 Å². The van der Waals surface area contributed by atoms with Crippen LogP contribution in [0.1, 0.15) is 49.4 Å². The first-order valence-electron chi connectivity index (χ1n) is 9.94. The molecule has 0 aliphatic carbocycles. The molecule has 2 aliphatic heterocycles. The quantitative estimate of drug-likeness (QED) is 0.557. The van der Waals surface area contributed by atoms with Crippen LogP contribution in [0.3, 0.4) is 0 Å². The van der Waals surface area contributed by atoms with E-state index in [4.69, 9.17) is 4.74 Å². The van der Waals surface area contributed by atoms with Crippen LogP contribution < -0.4 is 14.8 Å². The smallest absolute Gasteiger partial charge is 0.427 e. The molecule has 0 radical (unpaired) electrons. The molecule has 0 bridgehead atoms. The number of ether oxygens (including phenoxy) is 2. The van der Waals surface area contributed by atoms with E-state index >= 15 is 0 Å². The van der Waals surface area contributed by atoms with Crippen LogP contribution in [0, 0.1) is 0 Å². The minimum atomic E-state index is -4.80. The van der Waals surface area contributed by atoms with Crippen molar-refractivity contribution in [3.63, 3.8) is 0 Å². The van der Waals surface area contributed by atoms with Gasteiger partial charge in [0, 0.05) is 31.1 Å². The highest BCUT2D eigenvalue weighted by Crippen LogP contribution is 2.45. The number of anilines is 1. The second-order valence-corrected chi connectivity index (χ2v) is 7.60. The van der Waals surface area contributed by atoms with Crippen LogP contribution in [-0.2, 0) is 9.59 Å². The third-order valence-electron chi connectivity index (χ3n) is 5.41. The molecule has 2 aliphatic rings. The fraction of sp³-hybridized carbons (Fsp3) is 0.364. The Morgan fingerprint density at radius 1 is 1.16 bits per heavy atom. The summed E-state index contributed by atoms with van der Waals surface area (Å²) in [6, 6.07) is 10.6. The minimum absolute atomic E-state index is 0.0209. The monoisotopic (exact) mass is 434 g/mol. The Balaban J connectivity index is 1.69. The fourth-order valence-electron chi connectivity index (χ4n) is 4.22. The van der Waals surface area contributed by atoms with E-state index in [-0.39, 0.29) is 17.7 Å². The number of hydrogen-bond donors (Lipinski definition) is 1. The third-order valence-corrected chi connectivity index (χ3v) is 5.41. The molecule has 2 atom stereocenters. The normalized spacial score (nSPS) is 20.8. The fourth-order valence-corrected chi connectivity index (χ4v) is 4.22. The van der Waals surface area contributed by atoms with Crippen LogP contribution in [0.25, 0.3) is 0 Å². The Bertz CT molecular complexity index is 1010. The van der Waals surface area contributed by atoms with Crippen LogP contribution in [-0.4, -0.2) is 29.7 Å². The molecular weight excluding hydrogens is 413 g/mol. The lowest BCUT2D eigenvalue weighted by Gasteiger charge is -2.38. The van der Waals surface area contributed by atoms with Crippen LogP contribution in [0.15, 0.2) is 42.5 Å². The summed E-state index contributed by atoms with van der Waals surface area (Å²) in [7, 11) is 0. The van der Waals surface area contributed by atoms with Crippen molar-refractivity contribution < 1.29 is 32.2 Å². The Labute approximate surface area is 176 Å². The maximum absolute atomic E-state index is 12.7. The number of hydrogen-bond acceptors (Lipinski definition) is 5. The SMILES string of the molecule is CC(=O)Oc1cccc(C2CC(N3CCCC3=O)c3cc(OC(F)(F)F)ccc3N2)c1. The number of likely N-dealkylation sites (tertiary alicyclic amines) is 1. The van der Waals surface area contributed by atoms with Gasteiger partial charge in [0.2, 0.25) is 5.91 Å². The second kappa shape index (κ2) is 8.13. The second-order valence-electron chi connectivity index (χ2n) is 7.60. The molecule has 1 N–H and O–H groups in total. The van der Waals surface area contributed by atoms with Crippen LogP contribution in [0.5, 0.6) is 11.5 Å². The van der Waals surface area contributed by atoms with Crippen molar-refractivity contribution in [3.8, 4) is 11.5 Å². The van der Waals surface area contributed by atoms with Crippen molar-refractivity contribution >= 4 is 17.6 Å². The van der Waals surface area contributed by atoms with Crippen molar-refractivity contribution in [2.45, 2.75) is 44.6 Å². The first kappa shape index (κ1) is 21.0. The minimum Gasteiger partial charge on any atom is -0.427 e. The Hall–Kier alpha value is -3.23. The predicted octanol–water partition coefficient (Wildman–Crippen LogP) is 4.73. The molecule has 2 heterocycles. The van der Waals surface area contributed by atoms with E-state index in [2.05, 4.69) is 10.1 Å². The van der Waals surface area contributed by atoms with Gasteiger partial charge in [-0.25, -0.2) is 0 Å². The topological polar surface area (TPSA) is 67.9 Å². The number of carbonyl (C=O) groups is 2. The van der Waals surface area contributed by atoms with Gasteiger partial charge in [-0.05, 0) is 48.7 Å². The summed E-state index contributed by atoms with van der Waals surface area (Å²) in [4.78, 5) is 25.5. The van der Waals surface area contributed by atoms with Crippen molar-refractivity contribution in [1.29, 1.82) is 0 Å². The van der Waals surface area contributed by atoms with Gasteiger partial charge in [-0.3, -0.25) is 9.59 Å². The number of nitrogens with zero attached hydrogens (tertiary/aromatic N) is 1. The first-order valence-corrected chi connectivity index (χ1v) is 9.94. The highest BCUT2D eigenvalue weighted by Gasteiger charge is 2.37. The molecule has 4 rings (SSSR count). The third kappa shape index (κ3) is 4.76. The molecule has 0 aromatic heterocycles. The van der Waals surface area contributed by atoms with E-state index in [0.717, 1.165) is 5.56 Å². The van der Waals surface area contributed by atoms with Crippen LogP contribution >= 0.6 is 0 Å². The summed E-state index contributed by atoms with van der Waals surface area (Å²) >= 11 is 0. The highest BCUT2D eigenvalue weighted by atomic mass is 19.4. The number of carbonyl (C=O) groups excluding carboxylic acids is 2. The molecule has 2 aromatic carbocycles. The molecule has 6 nitrogen and oxygen atoms in total. The predicted molar refractivity (Wildman–Crippen MR) is 106 cm³/mol. The molecule has 1 amide bonds. The van der Waals surface area contributed by atoms with Gasteiger partial charge in [0.1, 0.15) is 11.5 Å². The molecule has 0 saturated carbocycles. The lowest BCUT2D eigenvalue weighted by Crippen LogP contribution is -2.35. The van der Waals surface area contributed by atoms with Gasteiger partial charge in [-0.2, -0.15) is 0 Å². The first-order chi connectivity index (χ1) is 14.7. The molecule has 1 fully saturated rings. The zero-order valence-corrected chi connectivity index (χ0v) is 16.7. The van der Waals surface area contributed by atoms with Crippen molar-refractivity contribution in [2.75, 3.05) is 11.9 Å². The average molecular weight is 434 g/mol. The molecular formula is C22H21F3N2O4. The summed E-state index contributed by atoms with van der Waals surface area (Å²) in [5.74, 6) is -0.371. The van der Waals surface area contributed by atoms with Crippen LogP contribution in [0.4, 0.5) is 18.9 Å². The summed E-state index contributed by atoms with van der Waals surface area (Å²) in [5, 5.41) is 3.34. The van der Waals surface area contributed by atoms with E-state index in [9.17, 15) is 22.8 Å². The maximum Gasteiger partial charge on any atom is 0.573 e. The number of rotatable bonds is 4. The number of halogens is 3. The molecule has 2 unspecified atom stereocenters. The average Bonchev–Trinajstić information content (AvgIpc) is 3.11. The molecule has 31 heavy (non-hydrogen) atoms. The van der Waals surface area contributed by atoms with Gasteiger partial charge in [-0.1, -0.05) is 12.1 Å². The number of fused-ring (bicyclic) bond motifs is 1. The van der Waals surface area contributed by atoms with Crippen molar-refractivity contribution in [1.82, 2.24) is 4.90 Å². The number of alkyl halides is 3. The lowest BCUT2D eigenvalue weighted by molar-refractivity contribution is -0.274. The number of esters is 1. The Morgan fingerprint density at radius 3 is 2.65 bits per heavy atom. The molecule has 1 saturated heterocycles. The molecule has 2 aromatic rings. The van der Waals surface area contributed by atoms with Crippen molar-refractivity contribution in [2.24, 2.45) is 0 Å². The van der Waals surface area contributed by atoms with Gasteiger partial charge in [0.15, 0.2) is 0 Å². The zero-order valence-electron chi connectivity index (χ0n) is 16.7. The summed E-state index contributed by atoms with van der Waals surface area (Å²) in [6.07, 6.45) is -3.21. The number of benzene rings is 2. The van der Waals surface area contributed by atoms with E-state index in [1.165, 1.54) is 25.1 Å². The van der Waals surface area contributed by atoms with E-state index in [0.29, 0.717) is 42.8 Å². The largest absolute Gasteiger partial charge is 0.573 e. The number of nitrogens with one attached hydrogen (secondary N) is 1. The Kier molecular flexibility index (Phi) is 5.51. The van der Waals surface area contributed by atoms with E-state index in [1.807, 2.05) is 6.07 Å². The molecule has 164 valence electrons. The van der Waals surface area contributed by atoms with Crippen molar-refractivity contribution in [3.05, 3.63) is 53.6 Å². The number of amides is 1.